The van der Waals surface area contributed by atoms with Crippen molar-refractivity contribution in [2.45, 2.75) is 65.7 Å². The normalized spacial score (nSPS) is 10.6. The minimum atomic E-state index is 0.845. The van der Waals surface area contributed by atoms with Crippen LogP contribution in [0.1, 0.15) is 61.6 Å². The van der Waals surface area contributed by atoms with Gasteiger partial charge in [0.05, 0.1) is 6.61 Å². The van der Waals surface area contributed by atoms with Crippen LogP contribution in [0.25, 0.3) is 0 Å². The van der Waals surface area contributed by atoms with Crippen LogP contribution in [0.4, 0.5) is 0 Å². The summed E-state index contributed by atoms with van der Waals surface area (Å²) < 4.78 is 5.95. The maximum Gasteiger partial charge on any atom is 0.125 e. The molecule has 0 aliphatic heterocycles. The number of unbranched alkanes of at least 4 members (excludes halogenated alkanes) is 6. The first kappa shape index (κ1) is 16.8. The van der Waals surface area contributed by atoms with E-state index < -0.39 is 0 Å². The van der Waals surface area contributed by atoms with Crippen molar-refractivity contribution >= 4 is 0 Å². The van der Waals surface area contributed by atoms with Crippen molar-refractivity contribution in [1.29, 1.82) is 0 Å². The Labute approximate surface area is 125 Å². The highest BCUT2D eigenvalue weighted by Gasteiger charge is 2.04. The molecule has 1 nitrogen and oxygen atoms in total. The number of rotatable bonds is 10. The van der Waals surface area contributed by atoms with E-state index in [1.807, 2.05) is 6.08 Å². The van der Waals surface area contributed by atoms with Crippen LogP contribution in [-0.2, 0) is 0 Å². The zero-order chi connectivity index (χ0) is 14.8. The predicted octanol–water partition coefficient (Wildman–Crippen LogP) is 5.91. The summed E-state index contributed by atoms with van der Waals surface area (Å²) in [6.45, 7) is 11.0. The summed E-state index contributed by atoms with van der Waals surface area (Å²) in [5.74, 6) is 1.08. The van der Waals surface area contributed by atoms with E-state index in [9.17, 15) is 0 Å². The van der Waals surface area contributed by atoms with E-state index >= 15 is 0 Å². The smallest absolute Gasteiger partial charge is 0.125 e. The summed E-state index contributed by atoms with van der Waals surface area (Å²) in [4.78, 5) is 0. The third-order valence-electron chi connectivity index (χ3n) is 3.65. The zero-order valence-corrected chi connectivity index (χ0v) is 13.5. The van der Waals surface area contributed by atoms with E-state index in [1.165, 1.54) is 48.8 Å². The fourth-order valence-corrected chi connectivity index (χ4v) is 2.67. The first-order chi connectivity index (χ1) is 9.65. The molecule has 0 aliphatic carbocycles. The van der Waals surface area contributed by atoms with E-state index in [4.69, 9.17) is 4.74 Å². The van der Waals surface area contributed by atoms with E-state index in [1.54, 1.807) is 0 Å². The average Bonchev–Trinajstić information content (AvgIpc) is 2.39. The number of ether oxygens (including phenoxy) is 1. The molecule has 1 rings (SSSR count). The summed E-state index contributed by atoms with van der Waals surface area (Å²) in [6, 6.07) is 4.39. The zero-order valence-electron chi connectivity index (χ0n) is 13.5. The van der Waals surface area contributed by atoms with Gasteiger partial charge in [-0.2, -0.15) is 0 Å². The van der Waals surface area contributed by atoms with Gasteiger partial charge in [0, 0.05) is 0 Å². The fourth-order valence-electron chi connectivity index (χ4n) is 2.67. The Bertz CT molecular complexity index is 383. The first-order valence-electron chi connectivity index (χ1n) is 7.96. The molecule has 0 unspecified atom stereocenters. The van der Waals surface area contributed by atoms with Gasteiger partial charge in [-0.3, -0.25) is 0 Å². The van der Waals surface area contributed by atoms with Crippen LogP contribution < -0.4 is 4.74 Å². The first-order valence-corrected chi connectivity index (χ1v) is 7.96. The topological polar surface area (TPSA) is 9.23 Å². The lowest BCUT2D eigenvalue weighted by Crippen LogP contribution is -2.01. The Kier molecular flexibility index (Phi) is 8.10. The van der Waals surface area contributed by atoms with Crippen molar-refractivity contribution in [3.05, 3.63) is 41.5 Å². The second-order valence-electron chi connectivity index (χ2n) is 5.77. The highest BCUT2D eigenvalue weighted by molar-refractivity contribution is 5.42. The van der Waals surface area contributed by atoms with Gasteiger partial charge in [0.2, 0.25) is 0 Å². The lowest BCUT2D eigenvalue weighted by molar-refractivity contribution is 0.300. The largest absolute Gasteiger partial charge is 0.493 e. The molecular formula is C19H30O. The number of allylic oxidation sites excluding steroid dienone is 1. The second-order valence-corrected chi connectivity index (χ2v) is 5.77. The third-order valence-corrected chi connectivity index (χ3v) is 3.65. The van der Waals surface area contributed by atoms with E-state index in [-0.39, 0.29) is 0 Å². The molecule has 0 saturated carbocycles. The molecule has 0 spiro atoms. The molecule has 0 aliphatic rings. The van der Waals surface area contributed by atoms with Crippen LogP contribution in [0.5, 0.6) is 5.75 Å². The molecule has 0 bridgehead atoms. The molecule has 0 atom stereocenters. The molecule has 0 fully saturated rings. The summed E-state index contributed by atoms with van der Waals surface area (Å²) in [6.07, 6.45) is 10.9. The standard InChI is InChI=1S/C19H30O/c1-5-6-7-8-9-10-11-12-13-20-19-17(3)14-16(2)15-18(19)4/h5,14-15H,1,6-13H2,2-4H3. The molecule has 0 aromatic heterocycles. The van der Waals surface area contributed by atoms with Crippen molar-refractivity contribution < 1.29 is 4.74 Å². The van der Waals surface area contributed by atoms with E-state index in [0.717, 1.165) is 25.2 Å². The van der Waals surface area contributed by atoms with Gasteiger partial charge >= 0.3 is 0 Å². The molecule has 1 aromatic carbocycles. The Morgan fingerprint density at radius 1 is 0.900 bits per heavy atom. The second kappa shape index (κ2) is 9.63. The Morgan fingerprint density at radius 3 is 2.05 bits per heavy atom. The SMILES string of the molecule is C=CCCCCCCCCOc1c(C)cc(C)cc1C. The van der Waals surface area contributed by atoms with Crippen LogP contribution in [0.3, 0.4) is 0 Å². The summed E-state index contributed by atoms with van der Waals surface area (Å²) >= 11 is 0. The minimum Gasteiger partial charge on any atom is -0.493 e. The molecule has 1 heteroatoms. The maximum absolute atomic E-state index is 5.95. The lowest BCUT2D eigenvalue weighted by atomic mass is 10.1. The van der Waals surface area contributed by atoms with Gasteiger partial charge in [-0.15, -0.1) is 6.58 Å². The van der Waals surface area contributed by atoms with Gasteiger partial charge in [0.15, 0.2) is 0 Å². The maximum atomic E-state index is 5.95. The molecule has 0 radical (unpaired) electrons. The monoisotopic (exact) mass is 274 g/mol. The van der Waals surface area contributed by atoms with E-state index in [0.29, 0.717) is 0 Å². The van der Waals surface area contributed by atoms with Gasteiger partial charge in [-0.05, 0) is 51.2 Å². The molecule has 0 N–H and O–H groups in total. The van der Waals surface area contributed by atoms with Crippen LogP contribution in [-0.4, -0.2) is 6.61 Å². The van der Waals surface area contributed by atoms with Crippen LogP contribution >= 0.6 is 0 Å². The number of benzene rings is 1. The quantitative estimate of drug-likeness (QED) is 0.381. The molecule has 0 amide bonds. The molecule has 0 saturated heterocycles. The van der Waals surface area contributed by atoms with Crippen molar-refractivity contribution in [2.24, 2.45) is 0 Å². The number of hydrogen-bond acceptors (Lipinski definition) is 1. The van der Waals surface area contributed by atoms with Gasteiger partial charge < -0.3 is 4.74 Å². The predicted molar refractivity (Wildman–Crippen MR) is 88.7 cm³/mol. The third kappa shape index (κ3) is 6.27. The summed E-state index contributed by atoms with van der Waals surface area (Å²) in [7, 11) is 0. The van der Waals surface area contributed by atoms with Gasteiger partial charge in [0.25, 0.3) is 0 Å². The molecule has 112 valence electrons. The lowest BCUT2D eigenvalue weighted by Gasteiger charge is -2.13. The summed E-state index contributed by atoms with van der Waals surface area (Å²) in [5, 5.41) is 0. The van der Waals surface area contributed by atoms with Crippen molar-refractivity contribution in [2.75, 3.05) is 6.61 Å². The van der Waals surface area contributed by atoms with Gasteiger partial charge in [0.1, 0.15) is 5.75 Å². The molecule has 20 heavy (non-hydrogen) atoms. The van der Waals surface area contributed by atoms with Crippen molar-refractivity contribution in [1.82, 2.24) is 0 Å². The van der Waals surface area contributed by atoms with Gasteiger partial charge in [-0.1, -0.05) is 49.5 Å². The molecule has 1 aromatic rings. The van der Waals surface area contributed by atoms with Crippen molar-refractivity contribution in [3.8, 4) is 5.75 Å². The highest BCUT2D eigenvalue weighted by atomic mass is 16.5. The van der Waals surface area contributed by atoms with Crippen molar-refractivity contribution in [3.63, 3.8) is 0 Å². The number of aryl methyl sites for hydroxylation is 3. The number of hydrogen-bond donors (Lipinski definition) is 0. The summed E-state index contributed by atoms with van der Waals surface area (Å²) in [5.41, 5.74) is 3.82. The minimum absolute atomic E-state index is 0.845. The van der Waals surface area contributed by atoms with Gasteiger partial charge in [-0.25, -0.2) is 0 Å². The molecular weight excluding hydrogens is 244 g/mol. The Morgan fingerprint density at radius 2 is 1.45 bits per heavy atom. The van der Waals surface area contributed by atoms with Crippen LogP contribution in [0.15, 0.2) is 24.8 Å². The Balaban J connectivity index is 2.14. The van der Waals surface area contributed by atoms with Crippen LogP contribution in [0, 0.1) is 20.8 Å². The highest BCUT2D eigenvalue weighted by Crippen LogP contribution is 2.24. The van der Waals surface area contributed by atoms with E-state index in [2.05, 4.69) is 39.5 Å². The average molecular weight is 274 g/mol. The molecule has 0 heterocycles. The van der Waals surface area contributed by atoms with Crippen LogP contribution in [0.2, 0.25) is 0 Å². The Hall–Kier alpha value is -1.24. The fraction of sp³-hybridized carbons (Fsp3) is 0.579.